The largest absolute Gasteiger partial charge is 0.493 e. The van der Waals surface area contributed by atoms with Crippen LogP contribution in [-0.4, -0.2) is 84.4 Å². The number of ether oxygens (including phenoxy) is 2. The molecule has 2 aliphatic heterocycles. The monoisotopic (exact) mass is 620 g/mol. The van der Waals surface area contributed by atoms with Gasteiger partial charge in [0.25, 0.3) is 5.91 Å². The van der Waals surface area contributed by atoms with Crippen molar-refractivity contribution in [3.63, 3.8) is 0 Å². The number of nitrogens with zero attached hydrogens (tertiary/aromatic N) is 2. The Hall–Kier alpha value is -4.68. The number of carbonyl (C=O) groups is 5. The normalized spacial score (nSPS) is 21.7. The summed E-state index contributed by atoms with van der Waals surface area (Å²) in [6.07, 6.45) is 4.92. The molecule has 5 rings (SSSR count). The maximum absolute atomic E-state index is 13.7. The number of rotatable bonds is 5. The molecule has 4 N–H and O–H groups in total. The van der Waals surface area contributed by atoms with E-state index in [1.807, 2.05) is 19.9 Å². The smallest absolute Gasteiger partial charge is 0.253 e. The van der Waals surface area contributed by atoms with Crippen molar-refractivity contribution in [3.8, 4) is 22.6 Å². The zero-order chi connectivity index (χ0) is 32.3. The molecule has 13 heteroatoms. The number of carbonyl (C=O) groups excluding carboxylic acids is 5. The van der Waals surface area contributed by atoms with Gasteiger partial charge < -0.3 is 35.6 Å². The number of hydrogen-bond donors (Lipinski definition) is 4. The number of fused-ring (bicyclic) bond motifs is 5. The van der Waals surface area contributed by atoms with Crippen LogP contribution in [0.25, 0.3) is 11.1 Å². The molecule has 240 valence electrons. The van der Waals surface area contributed by atoms with Gasteiger partial charge in [-0.2, -0.15) is 0 Å². The van der Waals surface area contributed by atoms with Crippen molar-refractivity contribution in [2.45, 2.75) is 70.1 Å². The fraction of sp³-hybridized carbons (Fsp3) is 0.500. The first-order chi connectivity index (χ1) is 21.5. The van der Waals surface area contributed by atoms with Crippen LogP contribution in [0.5, 0.6) is 11.5 Å². The molecule has 2 atom stereocenters. The van der Waals surface area contributed by atoms with Crippen LogP contribution < -0.4 is 30.7 Å². The molecule has 45 heavy (non-hydrogen) atoms. The second-order valence-electron chi connectivity index (χ2n) is 12.2. The van der Waals surface area contributed by atoms with Crippen LogP contribution in [0, 0.1) is 5.92 Å². The lowest BCUT2D eigenvalue weighted by molar-refractivity contribution is -0.135. The van der Waals surface area contributed by atoms with Crippen LogP contribution in [-0.2, 0) is 25.7 Å². The van der Waals surface area contributed by atoms with E-state index in [1.54, 1.807) is 23.2 Å². The number of nitrogens with one attached hydrogen (secondary N) is 4. The van der Waals surface area contributed by atoms with Gasteiger partial charge in [-0.25, -0.2) is 0 Å². The lowest BCUT2D eigenvalue weighted by Gasteiger charge is -2.28. The summed E-state index contributed by atoms with van der Waals surface area (Å²) in [5.74, 6) is -0.813. The predicted molar refractivity (Wildman–Crippen MR) is 163 cm³/mol. The van der Waals surface area contributed by atoms with Gasteiger partial charge >= 0.3 is 0 Å². The molecule has 13 nitrogen and oxygen atoms in total. The quantitative estimate of drug-likeness (QED) is 0.388. The first-order valence-electron chi connectivity index (χ1n) is 15.2. The van der Waals surface area contributed by atoms with Crippen molar-refractivity contribution in [1.29, 1.82) is 0 Å². The Morgan fingerprint density at radius 3 is 2.44 bits per heavy atom. The Morgan fingerprint density at radius 1 is 1.04 bits per heavy atom. The molecule has 1 aliphatic carbocycles. The second-order valence-corrected chi connectivity index (χ2v) is 12.2. The van der Waals surface area contributed by atoms with Crippen molar-refractivity contribution < 1.29 is 33.4 Å². The third-order valence-electron chi connectivity index (χ3n) is 8.38. The van der Waals surface area contributed by atoms with E-state index in [2.05, 4.69) is 26.3 Å². The minimum Gasteiger partial charge on any atom is -0.493 e. The zero-order valence-electron chi connectivity index (χ0n) is 26.0. The Labute approximate surface area is 261 Å². The molecule has 0 radical (unpaired) electrons. The third-order valence-corrected chi connectivity index (χ3v) is 8.38. The minimum atomic E-state index is -1.12. The van der Waals surface area contributed by atoms with Crippen molar-refractivity contribution >= 4 is 29.5 Å². The highest BCUT2D eigenvalue weighted by molar-refractivity contribution is 6.02. The average molecular weight is 621 g/mol. The summed E-state index contributed by atoms with van der Waals surface area (Å²) in [4.78, 5) is 71.7. The highest BCUT2D eigenvalue weighted by Crippen LogP contribution is 2.40. The van der Waals surface area contributed by atoms with Gasteiger partial charge in [0.05, 0.1) is 19.8 Å². The molecule has 4 bridgehead atoms. The molecule has 5 amide bonds. The van der Waals surface area contributed by atoms with Gasteiger partial charge in [0.2, 0.25) is 23.6 Å². The van der Waals surface area contributed by atoms with E-state index in [9.17, 15) is 24.0 Å². The molecular formula is C32H40N6O7. The van der Waals surface area contributed by atoms with Crippen molar-refractivity contribution in [3.05, 3.63) is 41.7 Å². The van der Waals surface area contributed by atoms with E-state index in [0.29, 0.717) is 53.9 Å². The zero-order valence-corrected chi connectivity index (χ0v) is 26.0. The van der Waals surface area contributed by atoms with E-state index in [4.69, 9.17) is 9.47 Å². The van der Waals surface area contributed by atoms with Crippen LogP contribution in [0.2, 0.25) is 0 Å². The highest BCUT2D eigenvalue weighted by atomic mass is 16.5. The first kappa shape index (κ1) is 31.7. The molecule has 1 spiro atoms. The molecule has 1 aromatic carbocycles. The maximum atomic E-state index is 13.7. The molecule has 1 aromatic heterocycles. The predicted octanol–water partition coefficient (Wildman–Crippen LogP) is 1.30. The van der Waals surface area contributed by atoms with E-state index in [-0.39, 0.29) is 55.3 Å². The van der Waals surface area contributed by atoms with Crippen molar-refractivity contribution in [1.82, 2.24) is 31.2 Å². The fourth-order valence-electron chi connectivity index (χ4n) is 5.81. The summed E-state index contributed by atoms with van der Waals surface area (Å²) in [7, 11) is 3.01. The molecule has 0 unspecified atom stereocenters. The topological polar surface area (TPSA) is 168 Å². The lowest BCUT2D eigenvalue weighted by Crippen LogP contribution is -2.56. The van der Waals surface area contributed by atoms with E-state index >= 15 is 0 Å². The Balaban J connectivity index is 1.56. The molecule has 2 aromatic rings. The molecule has 2 fully saturated rings. The maximum Gasteiger partial charge on any atom is 0.253 e. The molecule has 3 heterocycles. The van der Waals surface area contributed by atoms with Crippen molar-refractivity contribution in [2.24, 2.45) is 5.92 Å². The van der Waals surface area contributed by atoms with Crippen LogP contribution in [0.15, 0.2) is 30.6 Å². The Morgan fingerprint density at radius 2 is 1.80 bits per heavy atom. The highest BCUT2D eigenvalue weighted by Gasteiger charge is 2.52. The number of methoxy groups -OCH3 is 2. The van der Waals surface area contributed by atoms with Gasteiger partial charge in [-0.05, 0) is 55.4 Å². The van der Waals surface area contributed by atoms with Crippen LogP contribution in [0.1, 0.15) is 61.9 Å². The standard InChI is InChI=1S/C32H40N6O7/c1-18(2)11-24-29(41)34-9-10-38(30(42)23-5-6-26(39)35-23)17-19-12-22(27(45-4)25(13-19)44-3)20-14-21(16-33-15-20)28(40)37-32(7-8-32)31(43)36-24/h12-16,18,23-24H,5-11,17H2,1-4H3,(H,34,41)(H,35,39)(H,36,43)(H,37,40)/t23-,24-/m1/s1. The second kappa shape index (κ2) is 13.1. The van der Waals surface area contributed by atoms with Gasteiger partial charge in [0.15, 0.2) is 11.5 Å². The summed E-state index contributed by atoms with van der Waals surface area (Å²) < 4.78 is 11.3. The molecular weight excluding hydrogens is 580 g/mol. The number of hydrogen-bond acceptors (Lipinski definition) is 8. The molecule has 3 aliphatic rings. The van der Waals surface area contributed by atoms with E-state index in [1.165, 1.54) is 20.4 Å². The van der Waals surface area contributed by atoms with Gasteiger partial charge in [0.1, 0.15) is 17.6 Å². The average Bonchev–Trinajstić information content (AvgIpc) is 3.68. The van der Waals surface area contributed by atoms with Gasteiger partial charge in [-0.15, -0.1) is 0 Å². The summed E-state index contributed by atoms with van der Waals surface area (Å²) in [5, 5.41) is 11.4. The summed E-state index contributed by atoms with van der Waals surface area (Å²) in [6, 6.07) is 3.76. The summed E-state index contributed by atoms with van der Waals surface area (Å²) in [5.41, 5.74) is 0.971. The minimum absolute atomic E-state index is 0.0979. The number of pyridine rings is 1. The molecule has 1 saturated heterocycles. The number of amides is 5. The fourth-order valence-corrected chi connectivity index (χ4v) is 5.81. The van der Waals surface area contributed by atoms with Crippen LogP contribution in [0.3, 0.4) is 0 Å². The first-order valence-corrected chi connectivity index (χ1v) is 15.2. The van der Waals surface area contributed by atoms with Crippen molar-refractivity contribution in [2.75, 3.05) is 27.3 Å². The van der Waals surface area contributed by atoms with Gasteiger partial charge in [0, 0.05) is 49.6 Å². The summed E-state index contributed by atoms with van der Waals surface area (Å²) >= 11 is 0. The van der Waals surface area contributed by atoms with Gasteiger partial charge in [-0.3, -0.25) is 29.0 Å². The molecule has 1 saturated carbocycles. The van der Waals surface area contributed by atoms with Crippen LogP contribution >= 0.6 is 0 Å². The van der Waals surface area contributed by atoms with E-state index in [0.717, 1.165) is 0 Å². The lowest BCUT2D eigenvalue weighted by atomic mass is 10.00. The van der Waals surface area contributed by atoms with Crippen LogP contribution in [0.4, 0.5) is 0 Å². The number of benzene rings is 1. The summed E-state index contributed by atoms with van der Waals surface area (Å²) in [6.45, 7) is 4.31. The Bertz CT molecular complexity index is 1500. The van der Waals surface area contributed by atoms with Gasteiger partial charge in [-0.1, -0.05) is 13.8 Å². The number of aromatic nitrogens is 1. The Kier molecular flexibility index (Phi) is 9.26. The van der Waals surface area contributed by atoms with E-state index < -0.39 is 29.4 Å². The third kappa shape index (κ3) is 7.02. The SMILES string of the molecule is COc1cc2cc(c1OC)-c1cncc(c1)C(=O)NC1(CC1)C(=O)N[C@H](CC(C)C)C(=O)NCCN(C(=O)[C@H]1CCC(=O)N1)C2.